The second-order valence-electron chi connectivity index (χ2n) is 7.42. The average molecular weight is 436 g/mol. The zero-order chi connectivity index (χ0) is 21.9. The highest BCUT2D eigenvalue weighted by Crippen LogP contribution is 2.39. The Morgan fingerprint density at radius 2 is 1.80 bits per heavy atom. The average Bonchev–Trinajstić information content (AvgIpc) is 2.71. The second-order valence-corrected chi connectivity index (χ2v) is 8.52. The number of thioether (sulfide) groups is 1. The molecule has 0 fully saturated rings. The van der Waals surface area contributed by atoms with Crippen molar-refractivity contribution in [2.24, 2.45) is 11.8 Å². The highest BCUT2D eigenvalue weighted by molar-refractivity contribution is 7.99. The van der Waals surface area contributed by atoms with E-state index in [2.05, 4.69) is 0 Å². The third kappa shape index (κ3) is 5.01. The Hall–Kier alpha value is -2.41. The van der Waals surface area contributed by atoms with E-state index in [0.717, 1.165) is 17.0 Å². The van der Waals surface area contributed by atoms with Crippen molar-refractivity contribution in [2.75, 3.05) is 12.9 Å². The van der Waals surface area contributed by atoms with Crippen LogP contribution in [0.25, 0.3) is 5.57 Å². The Labute approximate surface area is 177 Å². The molecule has 2 unspecified atom stereocenters. The lowest BCUT2D eigenvalue weighted by atomic mass is 9.78. The molecule has 0 saturated heterocycles. The molecule has 2 aromatic carbocycles. The zero-order valence-corrected chi connectivity index (χ0v) is 17.5. The van der Waals surface area contributed by atoms with Crippen LogP contribution in [0.15, 0.2) is 59.2 Å². The normalized spacial score (nSPS) is 18.4. The summed E-state index contributed by atoms with van der Waals surface area (Å²) in [6, 6.07) is 12.2. The SMILES string of the molecule is COc1ccccc1C1=C(O)CC(C(C)CSc2ccc(C(F)(F)F)cc2)CC1=O. The fourth-order valence-electron chi connectivity index (χ4n) is 3.59. The number of alkyl halides is 3. The van der Waals surface area contributed by atoms with Crippen molar-refractivity contribution >= 4 is 23.1 Å². The first kappa shape index (κ1) is 22.3. The number of hydrogen-bond donors (Lipinski definition) is 1. The van der Waals surface area contributed by atoms with E-state index in [9.17, 15) is 23.1 Å². The summed E-state index contributed by atoms with van der Waals surface area (Å²) >= 11 is 1.45. The van der Waals surface area contributed by atoms with E-state index < -0.39 is 11.7 Å². The molecule has 7 heteroatoms. The van der Waals surface area contributed by atoms with Crippen LogP contribution in [0.1, 0.15) is 30.9 Å². The number of halogens is 3. The number of allylic oxidation sites excluding steroid dienone is 2. The summed E-state index contributed by atoms with van der Waals surface area (Å²) in [4.78, 5) is 13.5. The van der Waals surface area contributed by atoms with E-state index in [1.807, 2.05) is 6.92 Å². The van der Waals surface area contributed by atoms with E-state index in [4.69, 9.17) is 4.74 Å². The number of rotatable bonds is 6. The van der Waals surface area contributed by atoms with Crippen molar-refractivity contribution in [3.8, 4) is 5.75 Å². The summed E-state index contributed by atoms with van der Waals surface area (Å²) < 4.78 is 43.3. The Morgan fingerprint density at radius 3 is 2.40 bits per heavy atom. The van der Waals surface area contributed by atoms with Gasteiger partial charge in [0.25, 0.3) is 0 Å². The van der Waals surface area contributed by atoms with Crippen LogP contribution in [0.3, 0.4) is 0 Å². The van der Waals surface area contributed by atoms with Crippen molar-refractivity contribution in [3.05, 3.63) is 65.4 Å². The molecule has 3 nitrogen and oxygen atoms in total. The number of methoxy groups -OCH3 is 1. The van der Waals surface area contributed by atoms with E-state index in [1.54, 1.807) is 24.3 Å². The van der Waals surface area contributed by atoms with Crippen LogP contribution in [-0.2, 0) is 11.0 Å². The van der Waals surface area contributed by atoms with E-state index >= 15 is 0 Å². The molecule has 0 aromatic heterocycles. The first-order valence-corrected chi connectivity index (χ1v) is 10.6. The molecule has 1 aliphatic carbocycles. The van der Waals surface area contributed by atoms with Crippen LogP contribution >= 0.6 is 11.8 Å². The van der Waals surface area contributed by atoms with E-state index in [-0.39, 0.29) is 23.4 Å². The van der Waals surface area contributed by atoms with Gasteiger partial charge in [0.1, 0.15) is 11.5 Å². The molecule has 1 N–H and O–H groups in total. The molecule has 2 aromatic rings. The fraction of sp³-hybridized carbons (Fsp3) is 0.348. The standard InChI is InChI=1S/C23H23F3O3S/c1-14(13-30-17-9-7-16(8-10-17)23(24,25)26)15-11-19(27)22(20(28)12-15)18-5-3-4-6-21(18)29-2/h3-10,14-15,27H,11-13H2,1-2H3. The molecule has 3 rings (SSSR count). The van der Waals surface area contributed by atoms with Gasteiger partial charge in [0, 0.05) is 29.1 Å². The molecular formula is C23H23F3O3S. The van der Waals surface area contributed by atoms with Crippen molar-refractivity contribution in [3.63, 3.8) is 0 Å². The maximum absolute atomic E-state index is 12.8. The van der Waals surface area contributed by atoms with Gasteiger partial charge in [-0.05, 0) is 42.2 Å². The maximum atomic E-state index is 12.8. The summed E-state index contributed by atoms with van der Waals surface area (Å²) in [5.41, 5.74) is 0.232. The molecule has 160 valence electrons. The summed E-state index contributed by atoms with van der Waals surface area (Å²) in [5, 5.41) is 10.6. The minimum atomic E-state index is -4.35. The molecule has 0 heterocycles. The quantitative estimate of drug-likeness (QED) is 0.533. The summed E-state index contributed by atoms with van der Waals surface area (Å²) in [6.07, 6.45) is -3.65. The van der Waals surface area contributed by atoms with Crippen LogP contribution in [0, 0.1) is 11.8 Å². The molecule has 1 aliphatic rings. The van der Waals surface area contributed by atoms with Gasteiger partial charge >= 0.3 is 6.18 Å². The molecule has 0 spiro atoms. The highest BCUT2D eigenvalue weighted by Gasteiger charge is 2.33. The fourth-order valence-corrected chi connectivity index (χ4v) is 4.64. The molecule has 0 aliphatic heterocycles. The number of ketones is 1. The minimum Gasteiger partial charge on any atom is -0.512 e. The Balaban J connectivity index is 1.67. The zero-order valence-electron chi connectivity index (χ0n) is 16.7. The number of ether oxygens (including phenoxy) is 1. The van der Waals surface area contributed by atoms with E-state index in [0.29, 0.717) is 35.5 Å². The van der Waals surface area contributed by atoms with Gasteiger partial charge in [-0.1, -0.05) is 25.1 Å². The van der Waals surface area contributed by atoms with Gasteiger partial charge in [0.05, 0.1) is 18.2 Å². The number of hydrogen-bond acceptors (Lipinski definition) is 4. The van der Waals surface area contributed by atoms with Gasteiger partial charge in [0.2, 0.25) is 0 Å². The lowest BCUT2D eigenvalue weighted by molar-refractivity contribution is -0.137. The van der Waals surface area contributed by atoms with Gasteiger partial charge in [-0.15, -0.1) is 11.8 Å². The number of aliphatic hydroxyl groups excluding tert-OH is 1. The monoisotopic (exact) mass is 436 g/mol. The van der Waals surface area contributed by atoms with Crippen molar-refractivity contribution in [1.82, 2.24) is 0 Å². The molecule has 0 bridgehead atoms. The predicted octanol–water partition coefficient (Wildman–Crippen LogP) is 6.39. The van der Waals surface area contributed by atoms with Gasteiger partial charge in [-0.2, -0.15) is 13.2 Å². The smallest absolute Gasteiger partial charge is 0.416 e. The largest absolute Gasteiger partial charge is 0.512 e. The summed E-state index contributed by atoms with van der Waals surface area (Å²) in [7, 11) is 1.52. The van der Waals surface area contributed by atoms with Gasteiger partial charge in [0.15, 0.2) is 5.78 Å². The Bertz CT molecular complexity index is 935. The Morgan fingerprint density at radius 1 is 1.13 bits per heavy atom. The first-order valence-electron chi connectivity index (χ1n) is 9.59. The van der Waals surface area contributed by atoms with Crippen LogP contribution < -0.4 is 4.74 Å². The number of carbonyl (C=O) groups excluding carboxylic acids is 1. The molecule has 2 atom stereocenters. The number of aliphatic hydroxyl groups is 1. The molecule has 0 radical (unpaired) electrons. The molecular weight excluding hydrogens is 413 g/mol. The minimum absolute atomic E-state index is 0.0297. The van der Waals surface area contributed by atoms with Gasteiger partial charge < -0.3 is 9.84 Å². The third-order valence-corrected chi connectivity index (χ3v) is 6.64. The number of carbonyl (C=O) groups is 1. The predicted molar refractivity (Wildman–Crippen MR) is 112 cm³/mol. The number of benzene rings is 2. The van der Waals surface area contributed by atoms with Gasteiger partial charge in [-0.3, -0.25) is 4.79 Å². The lowest BCUT2D eigenvalue weighted by Gasteiger charge is -2.28. The third-order valence-electron chi connectivity index (χ3n) is 5.35. The van der Waals surface area contributed by atoms with Crippen LogP contribution in [-0.4, -0.2) is 23.8 Å². The van der Waals surface area contributed by atoms with Crippen LogP contribution in [0.4, 0.5) is 13.2 Å². The summed E-state index contributed by atoms with van der Waals surface area (Å²) in [6.45, 7) is 2.00. The van der Waals surface area contributed by atoms with E-state index in [1.165, 1.54) is 31.0 Å². The number of Topliss-reactive ketones (excluding diaryl/α,β-unsaturated/α-hetero) is 1. The van der Waals surface area contributed by atoms with Crippen molar-refractivity contribution in [1.29, 1.82) is 0 Å². The number of para-hydroxylation sites is 1. The molecule has 30 heavy (non-hydrogen) atoms. The van der Waals surface area contributed by atoms with Gasteiger partial charge in [-0.25, -0.2) is 0 Å². The Kier molecular flexibility index (Phi) is 6.81. The molecule has 0 saturated carbocycles. The van der Waals surface area contributed by atoms with Crippen molar-refractivity contribution < 1.29 is 27.8 Å². The van der Waals surface area contributed by atoms with Crippen LogP contribution in [0.2, 0.25) is 0 Å². The second kappa shape index (κ2) is 9.16. The van der Waals surface area contributed by atoms with Crippen molar-refractivity contribution in [2.45, 2.75) is 30.8 Å². The van der Waals surface area contributed by atoms with Crippen LogP contribution in [0.5, 0.6) is 5.75 Å². The molecule has 0 amide bonds. The first-order chi connectivity index (χ1) is 14.2. The highest BCUT2D eigenvalue weighted by atomic mass is 32.2. The maximum Gasteiger partial charge on any atom is 0.416 e. The lowest BCUT2D eigenvalue weighted by Crippen LogP contribution is -2.25. The summed E-state index contributed by atoms with van der Waals surface area (Å²) in [5.74, 6) is 1.18. The topological polar surface area (TPSA) is 46.5 Å².